The monoisotopic (exact) mass is 284 g/mol. The first-order valence-electron chi connectivity index (χ1n) is 6.23. The number of fused-ring (bicyclic) bond motifs is 1. The zero-order chi connectivity index (χ0) is 14.8. The summed E-state index contributed by atoms with van der Waals surface area (Å²) in [5.41, 5.74) is 1.46. The standard InChI is InChI=1S/C14H12N4O3/c19-10-3-1-9(2-4-10)7-15-12-5-6-13-16-8-11(14(20)21)18(13)17-12/h1-6,8,19H,7H2,(H,15,17)(H,20,21). The smallest absolute Gasteiger partial charge is 0.356 e. The first-order chi connectivity index (χ1) is 10.1. The number of aromatic hydroxyl groups is 1. The van der Waals surface area contributed by atoms with Gasteiger partial charge >= 0.3 is 5.97 Å². The molecular formula is C14H12N4O3. The number of carbonyl (C=O) groups is 1. The number of hydrogen-bond acceptors (Lipinski definition) is 5. The molecule has 0 saturated heterocycles. The second kappa shape index (κ2) is 5.12. The lowest BCUT2D eigenvalue weighted by Gasteiger charge is -2.06. The summed E-state index contributed by atoms with van der Waals surface area (Å²) in [5.74, 6) is -0.329. The van der Waals surface area contributed by atoms with E-state index in [9.17, 15) is 9.90 Å². The van der Waals surface area contributed by atoms with Crippen LogP contribution in [0, 0.1) is 0 Å². The lowest BCUT2D eigenvalue weighted by atomic mass is 10.2. The number of anilines is 1. The Kier molecular flexibility index (Phi) is 3.15. The van der Waals surface area contributed by atoms with Crippen molar-refractivity contribution >= 4 is 17.4 Å². The second-order valence-corrected chi connectivity index (χ2v) is 4.46. The minimum absolute atomic E-state index is 0.0123. The fourth-order valence-electron chi connectivity index (χ4n) is 1.92. The molecule has 21 heavy (non-hydrogen) atoms. The molecule has 0 spiro atoms. The molecule has 3 rings (SSSR count). The summed E-state index contributed by atoms with van der Waals surface area (Å²) in [6.45, 7) is 0.510. The van der Waals surface area contributed by atoms with Gasteiger partial charge in [-0.15, -0.1) is 5.10 Å². The van der Waals surface area contributed by atoms with Crippen molar-refractivity contribution in [1.82, 2.24) is 14.6 Å². The summed E-state index contributed by atoms with van der Waals surface area (Å²) in [7, 11) is 0. The molecule has 0 bridgehead atoms. The predicted molar refractivity (Wildman–Crippen MR) is 75.4 cm³/mol. The number of nitrogens with zero attached hydrogens (tertiary/aromatic N) is 3. The molecule has 0 unspecified atom stereocenters. The molecule has 0 aliphatic carbocycles. The van der Waals surface area contributed by atoms with Gasteiger partial charge in [-0.05, 0) is 29.8 Å². The molecule has 0 atom stereocenters. The molecular weight excluding hydrogens is 272 g/mol. The summed E-state index contributed by atoms with van der Waals surface area (Å²) in [6.07, 6.45) is 1.27. The van der Waals surface area contributed by atoms with Crippen LogP contribution in [0.1, 0.15) is 16.1 Å². The minimum atomic E-state index is -1.08. The number of carboxylic acids is 1. The van der Waals surface area contributed by atoms with Gasteiger partial charge in [0.1, 0.15) is 11.6 Å². The third kappa shape index (κ3) is 2.62. The Bertz CT molecular complexity index is 796. The van der Waals surface area contributed by atoms with E-state index in [-0.39, 0.29) is 11.4 Å². The van der Waals surface area contributed by atoms with E-state index in [1.165, 1.54) is 10.7 Å². The van der Waals surface area contributed by atoms with E-state index in [4.69, 9.17) is 5.11 Å². The van der Waals surface area contributed by atoms with Crippen molar-refractivity contribution in [3.8, 4) is 5.75 Å². The maximum Gasteiger partial charge on any atom is 0.356 e. The van der Waals surface area contributed by atoms with E-state index in [1.54, 1.807) is 36.4 Å². The minimum Gasteiger partial charge on any atom is -0.508 e. The maximum atomic E-state index is 11.1. The number of aromatic nitrogens is 3. The predicted octanol–water partition coefficient (Wildman–Crippen LogP) is 1.75. The van der Waals surface area contributed by atoms with Gasteiger partial charge in [0.25, 0.3) is 0 Å². The van der Waals surface area contributed by atoms with Crippen LogP contribution < -0.4 is 5.32 Å². The van der Waals surface area contributed by atoms with Crippen LogP contribution in [0.5, 0.6) is 5.75 Å². The van der Waals surface area contributed by atoms with Crippen molar-refractivity contribution in [1.29, 1.82) is 0 Å². The van der Waals surface area contributed by atoms with Gasteiger partial charge in [0.2, 0.25) is 0 Å². The molecule has 2 aromatic heterocycles. The highest BCUT2D eigenvalue weighted by molar-refractivity contribution is 5.86. The van der Waals surface area contributed by atoms with Gasteiger partial charge in [0.05, 0.1) is 6.20 Å². The van der Waals surface area contributed by atoms with Gasteiger partial charge in [0.15, 0.2) is 11.3 Å². The first-order valence-corrected chi connectivity index (χ1v) is 6.23. The average Bonchev–Trinajstić information content (AvgIpc) is 2.90. The van der Waals surface area contributed by atoms with Gasteiger partial charge in [0, 0.05) is 6.54 Å². The molecule has 106 valence electrons. The van der Waals surface area contributed by atoms with Crippen molar-refractivity contribution < 1.29 is 15.0 Å². The average molecular weight is 284 g/mol. The summed E-state index contributed by atoms with van der Waals surface area (Å²) in [5, 5.41) is 25.6. The van der Waals surface area contributed by atoms with Gasteiger partial charge in [-0.3, -0.25) is 0 Å². The highest BCUT2D eigenvalue weighted by Crippen LogP contribution is 2.13. The van der Waals surface area contributed by atoms with E-state index >= 15 is 0 Å². The maximum absolute atomic E-state index is 11.1. The molecule has 0 saturated carbocycles. The second-order valence-electron chi connectivity index (χ2n) is 4.46. The molecule has 3 N–H and O–H groups in total. The zero-order valence-electron chi connectivity index (χ0n) is 10.9. The summed E-state index contributed by atoms with van der Waals surface area (Å²) in [4.78, 5) is 15.0. The Hall–Kier alpha value is -3.09. The molecule has 0 aliphatic heterocycles. The molecule has 7 nitrogen and oxygen atoms in total. The van der Waals surface area contributed by atoms with Crippen molar-refractivity contribution in [3.05, 3.63) is 53.9 Å². The highest BCUT2D eigenvalue weighted by Gasteiger charge is 2.11. The van der Waals surface area contributed by atoms with Crippen molar-refractivity contribution in [2.75, 3.05) is 5.32 Å². The summed E-state index contributed by atoms with van der Waals surface area (Å²) < 4.78 is 1.28. The van der Waals surface area contributed by atoms with Crippen LogP contribution >= 0.6 is 0 Å². The van der Waals surface area contributed by atoms with Crippen LogP contribution in [0.4, 0.5) is 5.82 Å². The van der Waals surface area contributed by atoms with Gasteiger partial charge in [-0.25, -0.2) is 14.3 Å². The van der Waals surface area contributed by atoms with Gasteiger partial charge < -0.3 is 15.5 Å². The number of rotatable bonds is 4. The third-order valence-electron chi connectivity index (χ3n) is 2.99. The van der Waals surface area contributed by atoms with Crippen molar-refractivity contribution in [2.24, 2.45) is 0 Å². The fourth-order valence-corrected chi connectivity index (χ4v) is 1.92. The lowest BCUT2D eigenvalue weighted by molar-refractivity contribution is 0.0688. The topological polar surface area (TPSA) is 99.8 Å². The van der Waals surface area contributed by atoms with Crippen LogP contribution in [0.3, 0.4) is 0 Å². The van der Waals surface area contributed by atoms with Gasteiger partial charge in [-0.2, -0.15) is 0 Å². The molecule has 0 aliphatic rings. The van der Waals surface area contributed by atoms with Crippen LogP contribution in [0.2, 0.25) is 0 Å². The molecule has 7 heteroatoms. The number of phenols is 1. The number of nitrogens with one attached hydrogen (secondary N) is 1. The van der Waals surface area contributed by atoms with Crippen molar-refractivity contribution in [2.45, 2.75) is 6.54 Å². The quantitative estimate of drug-likeness (QED) is 0.675. The van der Waals surface area contributed by atoms with E-state index in [1.807, 2.05) is 0 Å². The Morgan fingerprint density at radius 2 is 1.95 bits per heavy atom. The van der Waals surface area contributed by atoms with E-state index in [2.05, 4.69) is 15.4 Å². The van der Waals surface area contributed by atoms with Crippen LogP contribution in [-0.2, 0) is 6.54 Å². The number of imidazole rings is 1. The van der Waals surface area contributed by atoms with Gasteiger partial charge in [-0.1, -0.05) is 12.1 Å². The Morgan fingerprint density at radius 1 is 1.19 bits per heavy atom. The summed E-state index contributed by atoms with van der Waals surface area (Å²) in [6, 6.07) is 10.2. The van der Waals surface area contributed by atoms with Crippen LogP contribution in [0.15, 0.2) is 42.6 Å². The fraction of sp³-hybridized carbons (Fsp3) is 0.0714. The Balaban J connectivity index is 1.82. The number of hydrogen-bond donors (Lipinski definition) is 3. The van der Waals surface area contributed by atoms with E-state index in [0.29, 0.717) is 18.0 Å². The molecule has 1 aromatic carbocycles. The molecule has 0 amide bonds. The normalized spacial score (nSPS) is 10.7. The number of phenolic OH excluding ortho intramolecular Hbond substituents is 1. The van der Waals surface area contributed by atoms with Crippen LogP contribution in [-0.4, -0.2) is 30.8 Å². The third-order valence-corrected chi connectivity index (χ3v) is 2.99. The molecule has 2 heterocycles. The zero-order valence-corrected chi connectivity index (χ0v) is 10.9. The number of carboxylic acid groups (broad SMARTS) is 1. The van der Waals surface area contributed by atoms with E-state index < -0.39 is 5.97 Å². The lowest BCUT2D eigenvalue weighted by Crippen LogP contribution is -2.08. The Morgan fingerprint density at radius 3 is 2.67 bits per heavy atom. The SMILES string of the molecule is O=C(O)c1cnc2ccc(NCc3ccc(O)cc3)nn12. The molecule has 0 radical (unpaired) electrons. The number of aromatic carboxylic acids is 1. The highest BCUT2D eigenvalue weighted by atomic mass is 16.4. The first kappa shape index (κ1) is 12.9. The van der Waals surface area contributed by atoms with Crippen LogP contribution in [0.25, 0.3) is 5.65 Å². The number of benzene rings is 1. The summed E-state index contributed by atoms with van der Waals surface area (Å²) >= 11 is 0. The largest absolute Gasteiger partial charge is 0.508 e. The van der Waals surface area contributed by atoms with Crippen molar-refractivity contribution in [3.63, 3.8) is 0 Å². The molecule has 3 aromatic rings. The Labute approximate surface area is 119 Å². The molecule has 0 fully saturated rings. The van der Waals surface area contributed by atoms with E-state index in [0.717, 1.165) is 5.56 Å².